The van der Waals surface area contributed by atoms with E-state index in [0.29, 0.717) is 23.5 Å². The third kappa shape index (κ3) is 5.04. The maximum absolute atomic E-state index is 12.3. The first-order valence-corrected chi connectivity index (χ1v) is 9.72. The van der Waals surface area contributed by atoms with Crippen LogP contribution >= 0.6 is 11.3 Å². The van der Waals surface area contributed by atoms with E-state index in [1.165, 1.54) is 0 Å². The lowest BCUT2D eigenvalue weighted by Crippen LogP contribution is -2.15. The summed E-state index contributed by atoms with van der Waals surface area (Å²) in [7, 11) is 0. The monoisotopic (exact) mass is 395 g/mol. The molecule has 2 aromatic carbocycles. The summed E-state index contributed by atoms with van der Waals surface area (Å²) >= 11 is 1.57. The van der Waals surface area contributed by atoms with E-state index in [4.69, 9.17) is 9.47 Å². The van der Waals surface area contributed by atoms with Gasteiger partial charge in [0.15, 0.2) is 6.61 Å². The molecule has 1 heterocycles. The van der Waals surface area contributed by atoms with Gasteiger partial charge in [-0.15, -0.1) is 11.3 Å². The topological polar surface area (TPSA) is 65.5 Å². The van der Waals surface area contributed by atoms with Crippen molar-refractivity contribution < 1.29 is 19.1 Å². The van der Waals surface area contributed by atoms with Crippen LogP contribution in [0.2, 0.25) is 0 Å². The second-order valence-corrected chi connectivity index (χ2v) is 7.55. The number of ketones is 1. The molecule has 144 valence electrons. The lowest BCUT2D eigenvalue weighted by atomic mass is 10.0. The Kier molecular flexibility index (Phi) is 6.21. The molecule has 0 unspecified atom stereocenters. The van der Waals surface area contributed by atoms with Crippen molar-refractivity contribution in [1.82, 2.24) is 4.98 Å². The molecule has 0 aliphatic rings. The molecule has 0 N–H and O–H groups in total. The van der Waals surface area contributed by atoms with Crippen LogP contribution in [0.1, 0.15) is 42.5 Å². The highest BCUT2D eigenvalue weighted by Gasteiger charge is 2.14. The molecule has 3 rings (SSSR count). The lowest BCUT2D eigenvalue weighted by Gasteiger charge is -2.08. The number of hydrogen-bond acceptors (Lipinski definition) is 6. The Bertz CT molecular complexity index is 992. The second kappa shape index (κ2) is 8.80. The number of aromatic nitrogens is 1. The Hall–Kier alpha value is -2.99. The molecule has 0 fully saturated rings. The quantitative estimate of drug-likeness (QED) is 0.429. The van der Waals surface area contributed by atoms with Crippen LogP contribution in [-0.2, 0) is 11.3 Å². The van der Waals surface area contributed by atoms with Crippen LogP contribution in [0.4, 0.5) is 0 Å². The SMILES string of the molecule is Cc1ccc(C)c(C(=O)COC(=O)c2ccc(OCc3csc(C)n3)cc2)c1. The van der Waals surface area contributed by atoms with Crippen molar-refractivity contribution in [3.05, 3.63) is 80.8 Å². The number of Topliss-reactive ketones (excluding diaryl/α,β-unsaturated/α-hetero) is 1. The Balaban J connectivity index is 1.54. The van der Waals surface area contributed by atoms with E-state index in [9.17, 15) is 9.59 Å². The number of ether oxygens (including phenoxy) is 2. The van der Waals surface area contributed by atoms with Crippen molar-refractivity contribution in [3.8, 4) is 5.75 Å². The minimum atomic E-state index is -0.541. The lowest BCUT2D eigenvalue weighted by molar-refractivity contribution is 0.0474. The first-order valence-electron chi connectivity index (χ1n) is 8.84. The van der Waals surface area contributed by atoms with Gasteiger partial charge in [-0.3, -0.25) is 4.79 Å². The molecule has 0 atom stereocenters. The smallest absolute Gasteiger partial charge is 0.338 e. The summed E-state index contributed by atoms with van der Waals surface area (Å²) in [5.74, 6) is -0.123. The number of esters is 1. The van der Waals surface area contributed by atoms with Gasteiger partial charge in [0.2, 0.25) is 5.78 Å². The van der Waals surface area contributed by atoms with Gasteiger partial charge in [-0.05, 0) is 56.7 Å². The summed E-state index contributed by atoms with van der Waals surface area (Å²) in [5, 5.41) is 2.95. The van der Waals surface area contributed by atoms with E-state index in [0.717, 1.165) is 21.8 Å². The zero-order chi connectivity index (χ0) is 20.1. The number of aryl methyl sites for hydroxylation is 3. The molecule has 5 nitrogen and oxygen atoms in total. The summed E-state index contributed by atoms with van der Waals surface area (Å²) in [4.78, 5) is 28.9. The second-order valence-electron chi connectivity index (χ2n) is 6.49. The number of rotatable bonds is 7. The van der Waals surface area contributed by atoms with Crippen molar-refractivity contribution in [1.29, 1.82) is 0 Å². The highest BCUT2D eigenvalue weighted by Crippen LogP contribution is 2.17. The predicted molar refractivity (Wildman–Crippen MR) is 108 cm³/mol. The number of benzene rings is 2. The number of carbonyl (C=O) groups is 2. The van der Waals surface area contributed by atoms with Gasteiger partial charge in [0, 0.05) is 10.9 Å². The van der Waals surface area contributed by atoms with Gasteiger partial charge in [0.25, 0.3) is 0 Å². The molecule has 0 bridgehead atoms. The number of nitrogens with zero attached hydrogens (tertiary/aromatic N) is 1. The predicted octanol–water partition coefficient (Wildman–Crippen LogP) is 4.69. The van der Waals surface area contributed by atoms with Gasteiger partial charge in [0.05, 0.1) is 16.3 Å². The van der Waals surface area contributed by atoms with Crippen molar-refractivity contribution in [2.45, 2.75) is 27.4 Å². The minimum Gasteiger partial charge on any atom is -0.487 e. The molecule has 0 aliphatic carbocycles. The Labute approximate surface area is 168 Å². The summed E-state index contributed by atoms with van der Waals surface area (Å²) < 4.78 is 10.8. The number of hydrogen-bond donors (Lipinski definition) is 0. The van der Waals surface area contributed by atoms with Gasteiger partial charge >= 0.3 is 5.97 Å². The summed E-state index contributed by atoms with van der Waals surface area (Å²) in [5.41, 5.74) is 3.67. The summed E-state index contributed by atoms with van der Waals surface area (Å²) in [6.07, 6.45) is 0. The molecule has 3 aromatic rings. The minimum absolute atomic E-state index is 0.215. The number of carbonyl (C=O) groups excluding carboxylic acids is 2. The van der Waals surface area contributed by atoms with Crippen molar-refractivity contribution >= 4 is 23.1 Å². The van der Waals surface area contributed by atoms with E-state index >= 15 is 0 Å². The van der Waals surface area contributed by atoms with Crippen LogP contribution in [0.25, 0.3) is 0 Å². The molecule has 0 aliphatic heterocycles. The van der Waals surface area contributed by atoms with Crippen LogP contribution in [0.3, 0.4) is 0 Å². The summed E-state index contributed by atoms with van der Waals surface area (Å²) in [6.45, 7) is 5.81. The molecule has 28 heavy (non-hydrogen) atoms. The fraction of sp³-hybridized carbons (Fsp3) is 0.227. The van der Waals surface area contributed by atoms with Crippen molar-refractivity contribution in [2.24, 2.45) is 0 Å². The summed E-state index contributed by atoms with van der Waals surface area (Å²) in [6, 6.07) is 12.3. The van der Waals surface area contributed by atoms with E-state index in [2.05, 4.69) is 4.98 Å². The Morgan fingerprint density at radius 2 is 1.79 bits per heavy atom. The molecular formula is C22H21NO4S. The van der Waals surface area contributed by atoms with Gasteiger partial charge in [0.1, 0.15) is 12.4 Å². The highest BCUT2D eigenvalue weighted by atomic mass is 32.1. The van der Waals surface area contributed by atoms with Crippen LogP contribution < -0.4 is 4.74 Å². The molecule has 0 saturated heterocycles. The zero-order valence-electron chi connectivity index (χ0n) is 16.0. The van der Waals surface area contributed by atoms with Crippen LogP contribution in [0, 0.1) is 20.8 Å². The van der Waals surface area contributed by atoms with E-state index in [1.807, 2.05) is 44.4 Å². The fourth-order valence-electron chi connectivity index (χ4n) is 2.65. The van der Waals surface area contributed by atoms with Gasteiger partial charge in [-0.1, -0.05) is 17.7 Å². The molecule has 1 aromatic heterocycles. The van der Waals surface area contributed by atoms with Crippen molar-refractivity contribution in [2.75, 3.05) is 6.61 Å². The third-order valence-electron chi connectivity index (χ3n) is 4.17. The van der Waals surface area contributed by atoms with E-state index < -0.39 is 5.97 Å². The average Bonchev–Trinajstić information content (AvgIpc) is 3.11. The van der Waals surface area contributed by atoms with Gasteiger partial charge in [-0.25, -0.2) is 9.78 Å². The molecule has 0 saturated carbocycles. The Morgan fingerprint density at radius 3 is 2.46 bits per heavy atom. The average molecular weight is 395 g/mol. The maximum atomic E-state index is 12.3. The largest absolute Gasteiger partial charge is 0.487 e. The van der Waals surface area contributed by atoms with Crippen LogP contribution in [-0.4, -0.2) is 23.3 Å². The Morgan fingerprint density at radius 1 is 1.04 bits per heavy atom. The zero-order valence-corrected chi connectivity index (χ0v) is 16.8. The first-order chi connectivity index (χ1) is 13.4. The molecule has 6 heteroatoms. The van der Waals surface area contributed by atoms with Gasteiger partial charge < -0.3 is 9.47 Å². The maximum Gasteiger partial charge on any atom is 0.338 e. The molecular weight excluding hydrogens is 374 g/mol. The molecule has 0 radical (unpaired) electrons. The fourth-order valence-corrected chi connectivity index (χ4v) is 3.24. The molecule has 0 amide bonds. The van der Waals surface area contributed by atoms with Gasteiger partial charge in [-0.2, -0.15) is 0 Å². The number of thiazole rings is 1. The van der Waals surface area contributed by atoms with Crippen LogP contribution in [0.15, 0.2) is 47.8 Å². The van der Waals surface area contributed by atoms with Crippen LogP contribution in [0.5, 0.6) is 5.75 Å². The normalized spacial score (nSPS) is 10.5. The molecule has 0 spiro atoms. The van der Waals surface area contributed by atoms with Crippen molar-refractivity contribution in [3.63, 3.8) is 0 Å². The highest BCUT2D eigenvalue weighted by molar-refractivity contribution is 7.09. The first kappa shape index (κ1) is 19.8. The van der Waals surface area contributed by atoms with E-state index in [-0.39, 0.29) is 12.4 Å². The standard InChI is InChI=1S/C22H21NO4S/c1-14-4-5-15(2)20(10-14)21(24)12-27-22(25)17-6-8-19(9-7-17)26-11-18-13-28-16(3)23-18/h4-10,13H,11-12H2,1-3H3. The van der Waals surface area contributed by atoms with E-state index in [1.54, 1.807) is 35.6 Å². The third-order valence-corrected chi connectivity index (χ3v) is 4.99.